The van der Waals surface area contributed by atoms with Gasteiger partial charge in [-0.3, -0.25) is 10.1 Å². The van der Waals surface area contributed by atoms with E-state index >= 15 is 0 Å². The molecule has 0 saturated carbocycles. The van der Waals surface area contributed by atoms with Gasteiger partial charge in [-0.1, -0.05) is 11.3 Å². The topological polar surface area (TPSA) is 128 Å². The zero-order valence-electron chi connectivity index (χ0n) is 10.6. The summed E-state index contributed by atoms with van der Waals surface area (Å²) in [5.41, 5.74) is 1.80. The van der Waals surface area contributed by atoms with Crippen molar-refractivity contribution in [1.82, 2.24) is 4.31 Å². The molecule has 0 amide bonds. The SMILES string of the molecule is CC1CN(S(=O)(=O)c2cc([N+](=O)[O-])c(NN)s2)CCO1. The Bertz CT molecular complexity index is 614. The number of anilines is 1. The van der Waals surface area contributed by atoms with Crippen molar-refractivity contribution in [3.63, 3.8) is 0 Å². The second kappa shape index (κ2) is 5.61. The van der Waals surface area contributed by atoms with Gasteiger partial charge in [0.1, 0.15) is 4.21 Å². The summed E-state index contributed by atoms with van der Waals surface area (Å²) in [5, 5.41) is 10.8. The van der Waals surface area contributed by atoms with Gasteiger partial charge in [-0.05, 0) is 6.92 Å². The molecule has 1 aromatic rings. The van der Waals surface area contributed by atoms with Crippen LogP contribution in [0.5, 0.6) is 0 Å². The molecule has 1 fully saturated rings. The molecular formula is C9H14N4O5S2. The number of nitrogens with zero attached hydrogens (tertiary/aromatic N) is 2. The molecule has 0 spiro atoms. The molecular weight excluding hydrogens is 308 g/mol. The van der Waals surface area contributed by atoms with Crippen molar-refractivity contribution in [1.29, 1.82) is 0 Å². The van der Waals surface area contributed by atoms with Crippen LogP contribution in [-0.4, -0.2) is 43.4 Å². The molecule has 1 aromatic heterocycles. The van der Waals surface area contributed by atoms with Crippen LogP contribution < -0.4 is 11.3 Å². The molecule has 1 aliphatic heterocycles. The number of thiophene rings is 1. The fraction of sp³-hybridized carbons (Fsp3) is 0.556. The zero-order chi connectivity index (χ0) is 14.9. The Morgan fingerprint density at radius 1 is 1.65 bits per heavy atom. The van der Waals surface area contributed by atoms with Gasteiger partial charge in [0.15, 0.2) is 5.00 Å². The summed E-state index contributed by atoms with van der Waals surface area (Å²) < 4.78 is 31.3. The van der Waals surface area contributed by atoms with E-state index in [0.717, 1.165) is 17.4 Å². The summed E-state index contributed by atoms with van der Waals surface area (Å²) >= 11 is 0.741. The number of nitro groups is 1. The first-order valence-corrected chi connectivity index (χ1v) is 7.98. The Morgan fingerprint density at radius 2 is 2.35 bits per heavy atom. The summed E-state index contributed by atoms with van der Waals surface area (Å²) in [7, 11) is -3.77. The van der Waals surface area contributed by atoms with Crippen molar-refractivity contribution < 1.29 is 18.1 Å². The van der Waals surface area contributed by atoms with Crippen LogP contribution >= 0.6 is 11.3 Å². The largest absolute Gasteiger partial charge is 0.376 e. The van der Waals surface area contributed by atoms with E-state index in [1.165, 1.54) is 4.31 Å². The second-order valence-electron chi connectivity index (χ2n) is 4.23. The minimum Gasteiger partial charge on any atom is -0.376 e. The van der Waals surface area contributed by atoms with Crippen LogP contribution in [0.1, 0.15) is 6.92 Å². The summed E-state index contributed by atoms with van der Waals surface area (Å²) in [6.07, 6.45) is -0.208. The average molecular weight is 322 g/mol. The Balaban J connectivity index is 2.36. The highest BCUT2D eigenvalue weighted by Gasteiger charge is 2.33. The van der Waals surface area contributed by atoms with E-state index in [4.69, 9.17) is 10.6 Å². The molecule has 1 aliphatic rings. The van der Waals surface area contributed by atoms with Gasteiger partial charge >= 0.3 is 5.69 Å². The van der Waals surface area contributed by atoms with Crippen LogP contribution in [0, 0.1) is 10.1 Å². The Labute approximate surface area is 119 Å². The maximum Gasteiger partial charge on any atom is 0.306 e. The highest BCUT2D eigenvalue weighted by molar-refractivity contribution is 7.91. The van der Waals surface area contributed by atoms with E-state index in [1.807, 2.05) is 0 Å². The van der Waals surface area contributed by atoms with E-state index in [-0.39, 0.29) is 34.1 Å². The molecule has 0 aliphatic carbocycles. The number of nitrogens with two attached hydrogens (primary N) is 1. The monoisotopic (exact) mass is 322 g/mol. The fourth-order valence-corrected chi connectivity index (χ4v) is 4.75. The summed E-state index contributed by atoms with van der Waals surface area (Å²) in [4.78, 5) is 10.2. The quantitative estimate of drug-likeness (QED) is 0.465. The molecule has 3 N–H and O–H groups in total. The maximum atomic E-state index is 12.4. The molecule has 20 heavy (non-hydrogen) atoms. The van der Waals surface area contributed by atoms with E-state index in [1.54, 1.807) is 6.92 Å². The highest BCUT2D eigenvalue weighted by atomic mass is 32.2. The summed E-state index contributed by atoms with van der Waals surface area (Å²) in [5.74, 6) is 5.17. The number of sulfonamides is 1. The third kappa shape index (κ3) is 2.76. The normalized spacial score (nSPS) is 20.8. The molecule has 11 heteroatoms. The van der Waals surface area contributed by atoms with Crippen molar-refractivity contribution in [3.05, 3.63) is 16.2 Å². The summed E-state index contributed by atoms with van der Waals surface area (Å²) in [6.45, 7) is 2.52. The molecule has 1 unspecified atom stereocenters. The lowest BCUT2D eigenvalue weighted by molar-refractivity contribution is -0.383. The smallest absolute Gasteiger partial charge is 0.306 e. The molecule has 2 rings (SSSR count). The minimum atomic E-state index is -3.77. The number of hydrogen-bond donors (Lipinski definition) is 2. The molecule has 112 valence electrons. The van der Waals surface area contributed by atoms with Gasteiger partial charge in [-0.2, -0.15) is 4.31 Å². The van der Waals surface area contributed by atoms with Crippen molar-refractivity contribution in [3.8, 4) is 0 Å². The first kappa shape index (κ1) is 15.1. The minimum absolute atomic E-state index is 0.00915. The van der Waals surface area contributed by atoms with Crippen LogP contribution in [0.25, 0.3) is 0 Å². The lowest BCUT2D eigenvalue weighted by Crippen LogP contribution is -2.44. The van der Waals surface area contributed by atoms with Crippen molar-refractivity contribution >= 4 is 32.0 Å². The van der Waals surface area contributed by atoms with Gasteiger partial charge in [0.2, 0.25) is 0 Å². The number of hydrogen-bond acceptors (Lipinski definition) is 8. The van der Waals surface area contributed by atoms with Crippen LogP contribution in [-0.2, 0) is 14.8 Å². The molecule has 2 heterocycles. The lowest BCUT2D eigenvalue weighted by Gasteiger charge is -2.29. The van der Waals surface area contributed by atoms with E-state index in [0.29, 0.717) is 6.61 Å². The van der Waals surface area contributed by atoms with E-state index < -0.39 is 14.9 Å². The predicted octanol–water partition coefficient (Wildman–Crippen LogP) is 0.351. The van der Waals surface area contributed by atoms with Crippen molar-refractivity contribution in [2.45, 2.75) is 17.2 Å². The third-order valence-corrected chi connectivity index (χ3v) is 6.19. The standard InChI is InChI=1S/C9H14N4O5S2/c1-6-5-12(2-3-18-6)20(16,17)8-4-7(13(14)15)9(11-10)19-8/h4,6,11H,2-3,5,10H2,1H3. The molecule has 0 bridgehead atoms. The van der Waals surface area contributed by atoms with Crippen LogP contribution in [0.3, 0.4) is 0 Å². The molecule has 0 aromatic carbocycles. The van der Waals surface area contributed by atoms with Gasteiger partial charge in [-0.15, -0.1) is 0 Å². The van der Waals surface area contributed by atoms with E-state index in [2.05, 4.69) is 5.43 Å². The fourth-order valence-electron chi connectivity index (χ4n) is 1.86. The van der Waals surface area contributed by atoms with Gasteiger partial charge in [-0.25, -0.2) is 14.3 Å². The second-order valence-corrected chi connectivity index (χ2v) is 7.44. The van der Waals surface area contributed by atoms with Gasteiger partial charge < -0.3 is 10.2 Å². The molecule has 1 atom stereocenters. The number of rotatable bonds is 4. The van der Waals surface area contributed by atoms with Crippen molar-refractivity contribution in [2.75, 3.05) is 25.1 Å². The molecule has 9 nitrogen and oxygen atoms in total. The maximum absolute atomic E-state index is 12.4. The van der Waals surface area contributed by atoms with Crippen LogP contribution in [0.2, 0.25) is 0 Å². The average Bonchev–Trinajstić information content (AvgIpc) is 2.83. The number of nitrogens with one attached hydrogen (secondary N) is 1. The lowest BCUT2D eigenvalue weighted by atomic mass is 10.3. The van der Waals surface area contributed by atoms with E-state index in [9.17, 15) is 18.5 Å². The predicted molar refractivity (Wildman–Crippen MR) is 73.0 cm³/mol. The number of hydrazine groups is 1. The van der Waals surface area contributed by atoms with Gasteiger partial charge in [0.05, 0.1) is 17.6 Å². The Hall–Kier alpha value is -1.27. The Kier molecular flexibility index (Phi) is 4.25. The number of morpholine rings is 1. The van der Waals surface area contributed by atoms with Crippen LogP contribution in [0.15, 0.2) is 10.3 Å². The first-order chi connectivity index (χ1) is 9.36. The third-order valence-electron chi connectivity index (χ3n) is 2.82. The number of ether oxygens (including phenoxy) is 1. The van der Waals surface area contributed by atoms with Gasteiger partial charge in [0.25, 0.3) is 10.0 Å². The van der Waals surface area contributed by atoms with Gasteiger partial charge in [0, 0.05) is 19.2 Å². The first-order valence-electron chi connectivity index (χ1n) is 5.73. The van der Waals surface area contributed by atoms with Crippen molar-refractivity contribution in [2.24, 2.45) is 5.84 Å². The number of nitrogen functional groups attached to an aromatic ring is 1. The molecule has 1 saturated heterocycles. The summed E-state index contributed by atoms with van der Waals surface area (Å²) in [6, 6.07) is 1.02. The zero-order valence-corrected chi connectivity index (χ0v) is 12.2. The Morgan fingerprint density at radius 3 is 2.85 bits per heavy atom. The molecule has 0 radical (unpaired) electrons. The van der Waals surface area contributed by atoms with Crippen LogP contribution in [0.4, 0.5) is 10.7 Å². The highest BCUT2D eigenvalue weighted by Crippen LogP contribution is 2.37.